The maximum Gasteiger partial charge on any atom is 0.251 e. The summed E-state index contributed by atoms with van der Waals surface area (Å²) in [4.78, 5) is 13.7. The van der Waals surface area contributed by atoms with Gasteiger partial charge in [-0.15, -0.1) is 11.8 Å². The van der Waals surface area contributed by atoms with Gasteiger partial charge in [-0.2, -0.15) is 4.31 Å². The van der Waals surface area contributed by atoms with Gasteiger partial charge in [0.25, 0.3) is 5.91 Å². The molecular formula is C20H26N2O3S2. The molecule has 0 aliphatic heterocycles. The Bertz CT molecular complexity index is 853. The van der Waals surface area contributed by atoms with Gasteiger partial charge in [0.05, 0.1) is 4.90 Å². The SMILES string of the molecule is CC(C)N(C)S(=O)(=O)c1cccc(C(=O)NCCCSc2ccccc2)c1. The molecule has 0 spiro atoms. The Morgan fingerprint density at radius 3 is 2.48 bits per heavy atom. The molecule has 0 unspecified atom stereocenters. The molecule has 27 heavy (non-hydrogen) atoms. The van der Waals surface area contributed by atoms with Crippen LogP contribution in [0.15, 0.2) is 64.4 Å². The highest BCUT2D eigenvalue weighted by Gasteiger charge is 2.23. The number of hydrogen-bond acceptors (Lipinski definition) is 4. The lowest BCUT2D eigenvalue weighted by Gasteiger charge is -2.21. The summed E-state index contributed by atoms with van der Waals surface area (Å²) in [7, 11) is -2.07. The minimum absolute atomic E-state index is 0.131. The maximum absolute atomic E-state index is 12.6. The van der Waals surface area contributed by atoms with E-state index < -0.39 is 10.0 Å². The van der Waals surface area contributed by atoms with Crippen molar-refractivity contribution in [3.63, 3.8) is 0 Å². The van der Waals surface area contributed by atoms with Crippen molar-refractivity contribution in [3.05, 3.63) is 60.2 Å². The van der Waals surface area contributed by atoms with Crippen LogP contribution in [0.25, 0.3) is 0 Å². The third kappa shape index (κ3) is 6.09. The average Bonchev–Trinajstić information content (AvgIpc) is 2.67. The Morgan fingerprint density at radius 2 is 1.81 bits per heavy atom. The fourth-order valence-corrected chi connectivity index (χ4v) is 4.61. The fraction of sp³-hybridized carbons (Fsp3) is 0.350. The van der Waals surface area contributed by atoms with Gasteiger partial charge in [-0.25, -0.2) is 8.42 Å². The van der Waals surface area contributed by atoms with Crippen molar-refractivity contribution in [2.75, 3.05) is 19.3 Å². The lowest BCUT2D eigenvalue weighted by molar-refractivity contribution is 0.0953. The molecule has 2 aromatic carbocycles. The zero-order valence-electron chi connectivity index (χ0n) is 15.9. The van der Waals surface area contributed by atoms with Gasteiger partial charge in [-0.05, 0) is 56.4 Å². The molecule has 0 radical (unpaired) electrons. The quantitative estimate of drug-likeness (QED) is 0.510. The molecular weight excluding hydrogens is 380 g/mol. The Labute approximate surface area is 166 Å². The second-order valence-electron chi connectivity index (χ2n) is 6.41. The normalized spacial score (nSPS) is 11.7. The molecule has 146 valence electrons. The smallest absolute Gasteiger partial charge is 0.251 e. The van der Waals surface area contributed by atoms with Crippen LogP contribution < -0.4 is 5.32 Å². The van der Waals surface area contributed by atoms with E-state index >= 15 is 0 Å². The van der Waals surface area contributed by atoms with Crippen molar-refractivity contribution in [1.82, 2.24) is 9.62 Å². The van der Waals surface area contributed by atoms with Crippen molar-refractivity contribution in [2.45, 2.75) is 36.1 Å². The first-order valence-corrected chi connectivity index (χ1v) is 11.3. The van der Waals surface area contributed by atoms with E-state index in [1.807, 2.05) is 32.0 Å². The molecule has 0 saturated heterocycles. The zero-order valence-corrected chi connectivity index (χ0v) is 17.5. The first-order valence-electron chi connectivity index (χ1n) is 8.86. The van der Waals surface area contributed by atoms with E-state index in [-0.39, 0.29) is 16.8 Å². The molecule has 0 atom stereocenters. The number of nitrogens with zero attached hydrogens (tertiary/aromatic N) is 1. The summed E-state index contributed by atoms with van der Waals surface area (Å²) in [6.07, 6.45) is 0.833. The first kappa shape index (κ1) is 21.5. The Morgan fingerprint density at radius 1 is 1.11 bits per heavy atom. The number of rotatable bonds is 9. The number of nitrogens with one attached hydrogen (secondary N) is 1. The molecule has 5 nitrogen and oxygen atoms in total. The standard InChI is InChI=1S/C20H26N2O3S2/c1-16(2)22(3)27(24,25)19-12-7-9-17(15-19)20(23)21-13-8-14-26-18-10-5-4-6-11-18/h4-7,9-12,15-16H,8,13-14H2,1-3H3,(H,21,23). The molecule has 0 aliphatic carbocycles. The van der Waals surface area contributed by atoms with Gasteiger partial charge in [0.1, 0.15) is 0 Å². The number of carbonyl (C=O) groups is 1. The maximum atomic E-state index is 12.6. The highest BCUT2D eigenvalue weighted by molar-refractivity contribution is 7.99. The van der Waals surface area contributed by atoms with E-state index in [4.69, 9.17) is 0 Å². The van der Waals surface area contributed by atoms with Crippen molar-refractivity contribution in [1.29, 1.82) is 0 Å². The molecule has 2 aromatic rings. The number of benzene rings is 2. The highest BCUT2D eigenvalue weighted by Crippen LogP contribution is 2.19. The lowest BCUT2D eigenvalue weighted by Crippen LogP contribution is -2.33. The number of sulfonamides is 1. The van der Waals surface area contributed by atoms with Crippen LogP contribution in [-0.4, -0.2) is 44.0 Å². The molecule has 0 bridgehead atoms. The Kier molecular flexibility index (Phi) is 7.89. The third-order valence-electron chi connectivity index (χ3n) is 4.12. The second-order valence-corrected chi connectivity index (χ2v) is 9.58. The van der Waals surface area contributed by atoms with Crippen molar-refractivity contribution < 1.29 is 13.2 Å². The zero-order chi connectivity index (χ0) is 19.9. The van der Waals surface area contributed by atoms with Gasteiger partial charge in [-0.1, -0.05) is 24.3 Å². The predicted octanol–water partition coefficient (Wildman–Crippen LogP) is 3.63. The summed E-state index contributed by atoms with van der Waals surface area (Å²) in [5.41, 5.74) is 0.351. The average molecular weight is 407 g/mol. The van der Waals surface area contributed by atoms with Crippen molar-refractivity contribution in [2.24, 2.45) is 0 Å². The molecule has 0 saturated carbocycles. The molecule has 7 heteroatoms. The molecule has 2 rings (SSSR count). The lowest BCUT2D eigenvalue weighted by atomic mass is 10.2. The summed E-state index contributed by atoms with van der Waals surface area (Å²) >= 11 is 1.74. The number of hydrogen-bond donors (Lipinski definition) is 1. The molecule has 0 aliphatic rings. The summed E-state index contributed by atoms with van der Waals surface area (Å²) < 4.78 is 26.4. The number of thioether (sulfide) groups is 1. The second kappa shape index (κ2) is 9.92. The summed E-state index contributed by atoms with van der Waals surface area (Å²) in [6, 6.07) is 16.1. The van der Waals surface area contributed by atoms with E-state index in [1.54, 1.807) is 23.9 Å². The van der Waals surface area contributed by atoms with E-state index in [0.717, 1.165) is 12.2 Å². The summed E-state index contributed by atoms with van der Waals surface area (Å²) in [5.74, 6) is 0.640. The fourth-order valence-electron chi connectivity index (χ4n) is 2.32. The molecule has 1 amide bonds. The van der Waals surface area contributed by atoms with Crippen LogP contribution in [-0.2, 0) is 10.0 Å². The molecule has 0 fully saturated rings. The van der Waals surface area contributed by atoms with Crippen LogP contribution in [0.1, 0.15) is 30.6 Å². The minimum Gasteiger partial charge on any atom is -0.352 e. The number of carbonyl (C=O) groups excluding carboxylic acids is 1. The van der Waals surface area contributed by atoms with Crippen LogP contribution in [0, 0.1) is 0 Å². The molecule has 0 aromatic heterocycles. The van der Waals surface area contributed by atoms with Crippen molar-refractivity contribution >= 4 is 27.7 Å². The molecule has 0 heterocycles. The van der Waals surface area contributed by atoms with E-state index in [2.05, 4.69) is 17.4 Å². The first-order chi connectivity index (χ1) is 12.8. The third-order valence-corrected chi connectivity index (χ3v) is 7.25. The van der Waals surface area contributed by atoms with Crippen LogP contribution in [0.5, 0.6) is 0 Å². The topological polar surface area (TPSA) is 66.5 Å². The monoisotopic (exact) mass is 406 g/mol. The Hall–Kier alpha value is -1.83. The van der Waals surface area contributed by atoms with Crippen LogP contribution in [0.3, 0.4) is 0 Å². The van der Waals surface area contributed by atoms with Crippen molar-refractivity contribution in [3.8, 4) is 0 Å². The van der Waals surface area contributed by atoms with E-state index in [0.29, 0.717) is 12.1 Å². The van der Waals surface area contributed by atoms with E-state index in [9.17, 15) is 13.2 Å². The summed E-state index contributed by atoms with van der Waals surface area (Å²) in [6.45, 7) is 4.16. The van der Waals surface area contributed by atoms with E-state index in [1.165, 1.54) is 28.4 Å². The highest BCUT2D eigenvalue weighted by atomic mass is 32.2. The van der Waals surface area contributed by atoms with Gasteiger partial charge >= 0.3 is 0 Å². The molecule has 1 N–H and O–H groups in total. The van der Waals surface area contributed by atoms with Gasteiger partial charge in [0, 0.05) is 30.1 Å². The largest absolute Gasteiger partial charge is 0.352 e. The van der Waals surface area contributed by atoms with Crippen LogP contribution in [0.2, 0.25) is 0 Å². The van der Waals surface area contributed by atoms with Gasteiger partial charge < -0.3 is 5.32 Å². The Balaban J connectivity index is 1.89. The van der Waals surface area contributed by atoms with Crippen LogP contribution in [0.4, 0.5) is 0 Å². The minimum atomic E-state index is -3.60. The van der Waals surface area contributed by atoms with Crippen LogP contribution >= 0.6 is 11.8 Å². The summed E-state index contributed by atoms with van der Waals surface area (Å²) in [5, 5.41) is 2.86. The van der Waals surface area contributed by atoms with Gasteiger partial charge in [-0.3, -0.25) is 4.79 Å². The predicted molar refractivity (Wildman–Crippen MR) is 111 cm³/mol. The number of amides is 1. The van der Waals surface area contributed by atoms with Gasteiger partial charge in [0.15, 0.2) is 0 Å². The van der Waals surface area contributed by atoms with Gasteiger partial charge in [0.2, 0.25) is 10.0 Å².